The molecule has 0 aliphatic rings. The average Bonchev–Trinajstić information content (AvgIpc) is 1.65. The van der Waals surface area contributed by atoms with Crippen molar-refractivity contribution in [2.45, 2.75) is 13.0 Å². The minimum Gasteiger partial charge on any atom is -0.661 e. The number of aliphatic hydroxyl groups excluding tert-OH is 1. The molecule has 0 saturated heterocycles. The summed E-state index contributed by atoms with van der Waals surface area (Å²) in [6.45, 7) is 2.02. The van der Waals surface area contributed by atoms with Gasteiger partial charge in [0, 0.05) is 6.61 Å². The first kappa shape index (κ1) is 5.92. The molecule has 0 heterocycles. The minimum absolute atomic E-state index is 0.116. The van der Waals surface area contributed by atoms with Crippen LogP contribution in [0.5, 0.6) is 0 Å². The smallest absolute Gasteiger partial charge is 0.0268 e. The summed E-state index contributed by atoms with van der Waals surface area (Å²) in [5.74, 6) is 0. The molecule has 0 amide bonds. The fraction of sp³-hybridized carbons (Fsp3) is 1.00. The van der Waals surface area contributed by atoms with Gasteiger partial charge in [0.05, 0.1) is 0 Å². The fourth-order valence-electron chi connectivity index (χ4n) is 0.0816. The van der Waals surface area contributed by atoms with Gasteiger partial charge in [-0.05, 0) is 0 Å². The molecule has 0 aromatic carbocycles. The lowest BCUT2D eigenvalue weighted by Gasteiger charge is -2.18. The van der Waals surface area contributed by atoms with Crippen LogP contribution in [0.3, 0.4) is 0 Å². The molecule has 1 unspecified atom stereocenters. The Hall–Kier alpha value is -0.0800. The molecule has 0 rings (SSSR count). The highest BCUT2D eigenvalue weighted by Crippen LogP contribution is 1.88. The Bertz CT molecular complexity index is 26.7. The van der Waals surface area contributed by atoms with Gasteiger partial charge >= 0.3 is 0 Å². The standard InChI is InChI=1S/C4H10NO/c1-4(3-6)5-2/h4,6H,3H2,1-2H3/q-1. The largest absolute Gasteiger partial charge is 0.661 e. The third-order valence-electron chi connectivity index (χ3n) is 0.705. The highest BCUT2D eigenvalue weighted by molar-refractivity contribution is 4.79. The van der Waals surface area contributed by atoms with Crippen molar-refractivity contribution in [3.05, 3.63) is 5.32 Å². The first-order valence-electron chi connectivity index (χ1n) is 2.01. The molecule has 0 saturated carbocycles. The Kier molecular flexibility index (Phi) is 3.08. The summed E-state index contributed by atoms with van der Waals surface area (Å²) in [4.78, 5) is 0. The SMILES string of the molecule is C[N-]C(C)CO. The quantitative estimate of drug-likeness (QED) is 0.520. The van der Waals surface area contributed by atoms with E-state index in [9.17, 15) is 0 Å². The zero-order valence-electron chi connectivity index (χ0n) is 4.18. The van der Waals surface area contributed by atoms with Crippen LogP contribution in [0.4, 0.5) is 0 Å². The van der Waals surface area contributed by atoms with Crippen LogP contribution in [0, 0.1) is 0 Å². The Balaban J connectivity index is 2.75. The summed E-state index contributed by atoms with van der Waals surface area (Å²) in [5.41, 5.74) is 0. The van der Waals surface area contributed by atoms with Crippen molar-refractivity contribution < 1.29 is 5.11 Å². The zero-order chi connectivity index (χ0) is 4.99. The number of rotatable bonds is 2. The van der Waals surface area contributed by atoms with Gasteiger partial charge in [0.1, 0.15) is 0 Å². The highest BCUT2D eigenvalue weighted by atomic mass is 16.3. The molecule has 0 radical (unpaired) electrons. The van der Waals surface area contributed by atoms with Gasteiger partial charge in [-0.15, -0.1) is 6.04 Å². The van der Waals surface area contributed by atoms with Gasteiger partial charge in [0.25, 0.3) is 0 Å². The summed E-state index contributed by atoms with van der Waals surface area (Å²) in [6.07, 6.45) is 0. The Morgan fingerprint density at radius 2 is 2.33 bits per heavy atom. The van der Waals surface area contributed by atoms with E-state index in [1.54, 1.807) is 7.05 Å². The van der Waals surface area contributed by atoms with Gasteiger partial charge in [-0.1, -0.05) is 6.92 Å². The number of aliphatic hydroxyl groups is 1. The lowest BCUT2D eigenvalue weighted by molar-refractivity contribution is 0.284. The second kappa shape index (κ2) is 3.12. The third-order valence-corrected chi connectivity index (χ3v) is 0.705. The van der Waals surface area contributed by atoms with Gasteiger partial charge in [-0.3, -0.25) is 0 Å². The molecule has 1 N–H and O–H groups in total. The third kappa shape index (κ3) is 2.18. The summed E-state index contributed by atoms with van der Waals surface area (Å²) >= 11 is 0. The number of nitrogens with zero attached hydrogens (tertiary/aromatic N) is 1. The summed E-state index contributed by atoms with van der Waals surface area (Å²) in [6, 6.07) is 0.116. The highest BCUT2D eigenvalue weighted by Gasteiger charge is 1.75. The first-order chi connectivity index (χ1) is 2.81. The second-order valence-electron chi connectivity index (χ2n) is 1.29. The van der Waals surface area contributed by atoms with E-state index in [2.05, 4.69) is 5.32 Å². The van der Waals surface area contributed by atoms with Gasteiger partial charge < -0.3 is 10.4 Å². The molecule has 0 spiro atoms. The lowest BCUT2D eigenvalue weighted by atomic mass is 10.4. The van der Waals surface area contributed by atoms with Crippen molar-refractivity contribution in [2.24, 2.45) is 0 Å². The fourth-order valence-corrected chi connectivity index (χ4v) is 0.0816. The molecule has 2 nitrogen and oxygen atoms in total. The van der Waals surface area contributed by atoms with Crippen LogP contribution >= 0.6 is 0 Å². The van der Waals surface area contributed by atoms with Crippen molar-refractivity contribution >= 4 is 0 Å². The Labute approximate surface area is 38.2 Å². The topological polar surface area (TPSA) is 34.3 Å². The maximum atomic E-state index is 8.24. The molecule has 0 aliphatic carbocycles. The van der Waals surface area contributed by atoms with Crippen molar-refractivity contribution in [1.29, 1.82) is 0 Å². The molecule has 38 valence electrons. The molecule has 2 heteroatoms. The van der Waals surface area contributed by atoms with Crippen molar-refractivity contribution in [2.75, 3.05) is 13.7 Å². The van der Waals surface area contributed by atoms with Crippen LogP contribution in [-0.4, -0.2) is 24.8 Å². The molecule has 6 heavy (non-hydrogen) atoms. The first-order valence-corrected chi connectivity index (χ1v) is 2.01. The minimum atomic E-state index is 0.116. The number of hydrogen-bond donors (Lipinski definition) is 1. The summed E-state index contributed by atoms with van der Waals surface area (Å²) in [7, 11) is 1.70. The van der Waals surface area contributed by atoms with Crippen LogP contribution in [0.15, 0.2) is 0 Å². The van der Waals surface area contributed by atoms with E-state index in [1.807, 2.05) is 6.92 Å². The van der Waals surface area contributed by atoms with E-state index in [1.165, 1.54) is 0 Å². The van der Waals surface area contributed by atoms with E-state index in [-0.39, 0.29) is 12.6 Å². The molecule has 0 bridgehead atoms. The normalized spacial score (nSPS) is 14.5. The van der Waals surface area contributed by atoms with Gasteiger partial charge in [0.2, 0.25) is 0 Å². The Morgan fingerprint density at radius 1 is 1.83 bits per heavy atom. The van der Waals surface area contributed by atoms with Gasteiger partial charge in [-0.25, -0.2) is 0 Å². The van der Waals surface area contributed by atoms with E-state index in [0.29, 0.717) is 0 Å². The average molecular weight is 88.1 g/mol. The van der Waals surface area contributed by atoms with Crippen molar-refractivity contribution in [1.82, 2.24) is 0 Å². The van der Waals surface area contributed by atoms with Crippen molar-refractivity contribution in [3.63, 3.8) is 0 Å². The molecule has 0 aromatic heterocycles. The molecule has 0 aliphatic heterocycles. The molecular formula is C4H10NO-. The van der Waals surface area contributed by atoms with E-state index in [4.69, 9.17) is 5.11 Å². The maximum Gasteiger partial charge on any atom is 0.0268 e. The van der Waals surface area contributed by atoms with Gasteiger partial charge in [0.15, 0.2) is 0 Å². The molecule has 1 atom stereocenters. The lowest BCUT2D eigenvalue weighted by Crippen LogP contribution is -2.03. The second-order valence-corrected chi connectivity index (χ2v) is 1.29. The van der Waals surface area contributed by atoms with E-state index < -0.39 is 0 Å². The monoisotopic (exact) mass is 88.1 g/mol. The van der Waals surface area contributed by atoms with Crippen LogP contribution < -0.4 is 0 Å². The summed E-state index contributed by atoms with van der Waals surface area (Å²) in [5, 5.41) is 12.0. The van der Waals surface area contributed by atoms with E-state index >= 15 is 0 Å². The van der Waals surface area contributed by atoms with Crippen LogP contribution in [0.2, 0.25) is 0 Å². The molecular weight excluding hydrogens is 78.0 g/mol. The number of hydrogen-bond acceptors (Lipinski definition) is 1. The molecule has 0 fully saturated rings. The van der Waals surface area contributed by atoms with Crippen LogP contribution in [-0.2, 0) is 0 Å². The maximum absolute atomic E-state index is 8.24. The van der Waals surface area contributed by atoms with Crippen LogP contribution in [0.1, 0.15) is 6.92 Å². The van der Waals surface area contributed by atoms with Crippen LogP contribution in [0.25, 0.3) is 5.32 Å². The molecule has 0 aromatic rings. The van der Waals surface area contributed by atoms with Gasteiger partial charge in [-0.2, -0.15) is 7.05 Å². The zero-order valence-corrected chi connectivity index (χ0v) is 4.18. The van der Waals surface area contributed by atoms with Crippen molar-refractivity contribution in [3.8, 4) is 0 Å². The van der Waals surface area contributed by atoms with E-state index in [0.717, 1.165) is 0 Å². The number of likely N-dealkylation sites (N-methyl/N-ethyl adjacent to an activating group) is 1. The predicted octanol–water partition coefficient (Wildman–Crippen LogP) is 0.371. The summed E-state index contributed by atoms with van der Waals surface area (Å²) < 4.78 is 0. The Morgan fingerprint density at radius 3 is 2.33 bits per heavy atom. The predicted molar refractivity (Wildman–Crippen MR) is 25.8 cm³/mol.